The second-order valence-corrected chi connectivity index (χ2v) is 2.25. The first kappa shape index (κ1) is 9.88. The number of aliphatic hydroxyl groups is 1. The second kappa shape index (κ2) is 4.66. The zero-order valence-corrected chi connectivity index (χ0v) is 6.61. The molecule has 0 aliphatic carbocycles. The van der Waals surface area contributed by atoms with Crippen LogP contribution in [0, 0.1) is 17.8 Å². The van der Waals surface area contributed by atoms with Gasteiger partial charge in [-0.1, -0.05) is 0 Å². The first-order valence-corrected chi connectivity index (χ1v) is 3.26. The van der Waals surface area contributed by atoms with Gasteiger partial charge in [-0.3, -0.25) is 5.41 Å². The highest BCUT2D eigenvalue weighted by atomic mass is 32.1. The predicted octanol–water partition coefficient (Wildman–Crippen LogP) is -0.253. The standard InChI is InChI=1S/C6H9N3OS/c1-2-3-4(7)5(8)9-6(10)11/h1,4H,3,7H2,(H3,8,9,10,11). The van der Waals surface area contributed by atoms with Crippen molar-refractivity contribution in [2.45, 2.75) is 12.5 Å². The van der Waals surface area contributed by atoms with Gasteiger partial charge in [0, 0.05) is 6.42 Å². The summed E-state index contributed by atoms with van der Waals surface area (Å²) < 4.78 is 0. The van der Waals surface area contributed by atoms with Gasteiger partial charge in [-0.2, -0.15) is 0 Å². The summed E-state index contributed by atoms with van der Waals surface area (Å²) in [5.41, 5.74) is 5.38. The van der Waals surface area contributed by atoms with Crippen molar-refractivity contribution in [1.29, 1.82) is 5.41 Å². The van der Waals surface area contributed by atoms with Gasteiger partial charge < -0.3 is 16.2 Å². The van der Waals surface area contributed by atoms with E-state index in [2.05, 4.69) is 23.5 Å². The van der Waals surface area contributed by atoms with E-state index in [4.69, 9.17) is 22.7 Å². The number of thiocarbonyl (C=S) groups is 1. The van der Waals surface area contributed by atoms with E-state index in [1.807, 2.05) is 0 Å². The monoisotopic (exact) mass is 171 g/mol. The van der Waals surface area contributed by atoms with Crippen LogP contribution < -0.4 is 11.1 Å². The zero-order valence-electron chi connectivity index (χ0n) is 5.79. The summed E-state index contributed by atoms with van der Waals surface area (Å²) in [6.45, 7) is 0. The minimum Gasteiger partial charge on any atom is -0.486 e. The molecule has 4 nitrogen and oxygen atoms in total. The van der Waals surface area contributed by atoms with Gasteiger partial charge >= 0.3 is 0 Å². The van der Waals surface area contributed by atoms with Crippen LogP contribution in [0.25, 0.3) is 0 Å². The van der Waals surface area contributed by atoms with Crippen LogP contribution in [0.1, 0.15) is 6.42 Å². The van der Waals surface area contributed by atoms with E-state index in [1.165, 1.54) is 0 Å². The van der Waals surface area contributed by atoms with Crippen LogP contribution in [-0.4, -0.2) is 22.2 Å². The average Bonchev–Trinajstić information content (AvgIpc) is 1.86. The Hall–Kier alpha value is -1.12. The maximum atomic E-state index is 8.51. The number of rotatable bonds is 2. The fraction of sp³-hybridized carbons (Fsp3) is 0.333. The molecule has 0 rings (SSSR count). The first-order chi connectivity index (χ1) is 5.07. The molecule has 0 radical (unpaired) electrons. The molecule has 0 heterocycles. The lowest BCUT2D eigenvalue weighted by Crippen LogP contribution is -2.41. The molecule has 0 fully saturated rings. The minimum atomic E-state index is -0.593. The summed E-state index contributed by atoms with van der Waals surface area (Å²) in [5, 5.41) is 17.4. The fourth-order valence-corrected chi connectivity index (χ4v) is 0.547. The molecule has 5 N–H and O–H groups in total. The number of nitrogens with two attached hydrogens (primary N) is 1. The second-order valence-electron chi connectivity index (χ2n) is 1.86. The smallest absolute Gasteiger partial charge is 0.259 e. The van der Waals surface area contributed by atoms with Crippen LogP contribution in [0.2, 0.25) is 0 Å². The molecule has 0 aromatic heterocycles. The Morgan fingerprint density at radius 1 is 1.91 bits per heavy atom. The molecule has 1 atom stereocenters. The molecule has 1 unspecified atom stereocenters. The molecule has 5 heteroatoms. The highest BCUT2D eigenvalue weighted by Crippen LogP contribution is 1.85. The third-order valence-electron chi connectivity index (χ3n) is 0.950. The van der Waals surface area contributed by atoms with Gasteiger partial charge in [0.1, 0.15) is 5.84 Å². The summed E-state index contributed by atoms with van der Waals surface area (Å²) >= 11 is 4.27. The normalized spacial score (nSPS) is 11.3. The van der Waals surface area contributed by atoms with E-state index in [0.29, 0.717) is 0 Å². The van der Waals surface area contributed by atoms with Crippen molar-refractivity contribution in [1.82, 2.24) is 5.32 Å². The van der Waals surface area contributed by atoms with Crippen LogP contribution in [0.4, 0.5) is 0 Å². The first-order valence-electron chi connectivity index (χ1n) is 2.85. The zero-order chi connectivity index (χ0) is 8.85. The molecule has 60 valence electrons. The molecule has 0 aliphatic heterocycles. The van der Waals surface area contributed by atoms with E-state index in [-0.39, 0.29) is 12.3 Å². The van der Waals surface area contributed by atoms with Crippen molar-refractivity contribution in [3.05, 3.63) is 0 Å². The third kappa shape index (κ3) is 4.31. The SMILES string of the molecule is C#CCC(N)C(=N)NC(O)=S. The van der Waals surface area contributed by atoms with Crippen molar-refractivity contribution in [2.75, 3.05) is 0 Å². The van der Waals surface area contributed by atoms with Gasteiger partial charge in [-0.25, -0.2) is 0 Å². The summed E-state index contributed by atoms with van der Waals surface area (Å²) in [7, 11) is 0. The fourth-order valence-electron chi connectivity index (χ4n) is 0.437. The largest absolute Gasteiger partial charge is 0.486 e. The van der Waals surface area contributed by atoms with E-state index in [0.717, 1.165) is 0 Å². The third-order valence-corrected chi connectivity index (χ3v) is 1.05. The summed E-state index contributed by atoms with van der Waals surface area (Å²) in [5.74, 6) is 2.22. The number of nitrogens with one attached hydrogen (secondary N) is 2. The van der Waals surface area contributed by atoms with E-state index < -0.39 is 11.2 Å². The van der Waals surface area contributed by atoms with Gasteiger partial charge in [0.15, 0.2) is 0 Å². The Labute approximate surface area is 70.3 Å². The number of hydrogen-bond donors (Lipinski definition) is 4. The van der Waals surface area contributed by atoms with Crippen LogP contribution in [-0.2, 0) is 0 Å². The van der Waals surface area contributed by atoms with Crippen molar-refractivity contribution < 1.29 is 5.11 Å². The molecule has 0 saturated heterocycles. The van der Waals surface area contributed by atoms with E-state index in [9.17, 15) is 0 Å². The van der Waals surface area contributed by atoms with Crippen LogP contribution in [0.3, 0.4) is 0 Å². The van der Waals surface area contributed by atoms with Crippen molar-refractivity contribution in [3.8, 4) is 12.3 Å². The van der Waals surface area contributed by atoms with Crippen molar-refractivity contribution >= 4 is 23.2 Å². The average molecular weight is 171 g/mol. The predicted molar refractivity (Wildman–Crippen MR) is 47.5 cm³/mol. The highest BCUT2D eigenvalue weighted by Gasteiger charge is 2.07. The Morgan fingerprint density at radius 3 is 2.82 bits per heavy atom. The Morgan fingerprint density at radius 2 is 2.45 bits per heavy atom. The molecule has 0 bridgehead atoms. The number of terminal acetylenes is 1. The molecular weight excluding hydrogens is 162 g/mol. The Balaban J connectivity index is 3.85. The molecule has 0 aromatic rings. The molecule has 0 aliphatic rings. The van der Waals surface area contributed by atoms with Crippen LogP contribution in [0.15, 0.2) is 0 Å². The lowest BCUT2D eigenvalue weighted by atomic mass is 10.2. The van der Waals surface area contributed by atoms with Gasteiger partial charge in [0.25, 0.3) is 5.17 Å². The molecular formula is C6H9N3OS. The Bertz CT molecular complexity index is 208. The van der Waals surface area contributed by atoms with E-state index in [1.54, 1.807) is 0 Å². The summed E-state index contributed by atoms with van der Waals surface area (Å²) in [6.07, 6.45) is 5.19. The van der Waals surface area contributed by atoms with E-state index >= 15 is 0 Å². The van der Waals surface area contributed by atoms with Gasteiger partial charge in [-0.05, 0) is 12.2 Å². The molecule has 0 amide bonds. The maximum Gasteiger partial charge on any atom is 0.259 e. The minimum absolute atomic E-state index is 0.0737. The summed E-state index contributed by atoms with van der Waals surface area (Å²) in [4.78, 5) is 0. The quantitative estimate of drug-likeness (QED) is 0.200. The highest BCUT2D eigenvalue weighted by molar-refractivity contribution is 7.80. The number of aliphatic hydroxyl groups excluding tert-OH is 1. The Kier molecular flexibility index (Phi) is 4.18. The van der Waals surface area contributed by atoms with Crippen LogP contribution >= 0.6 is 12.2 Å². The molecule has 11 heavy (non-hydrogen) atoms. The van der Waals surface area contributed by atoms with Gasteiger partial charge in [0.2, 0.25) is 0 Å². The molecule has 0 aromatic carbocycles. The van der Waals surface area contributed by atoms with Gasteiger partial charge in [0.05, 0.1) is 6.04 Å². The van der Waals surface area contributed by atoms with Crippen molar-refractivity contribution in [3.63, 3.8) is 0 Å². The summed E-state index contributed by atoms with van der Waals surface area (Å²) in [6, 6.07) is -0.593. The van der Waals surface area contributed by atoms with Crippen molar-refractivity contribution in [2.24, 2.45) is 5.73 Å². The number of amidine groups is 1. The van der Waals surface area contributed by atoms with Gasteiger partial charge in [-0.15, -0.1) is 12.3 Å². The lowest BCUT2D eigenvalue weighted by molar-refractivity contribution is 0.548. The van der Waals surface area contributed by atoms with Crippen LogP contribution in [0.5, 0.6) is 0 Å². The topological polar surface area (TPSA) is 82.1 Å². The number of hydrogen-bond acceptors (Lipinski definition) is 3. The maximum absolute atomic E-state index is 8.51. The molecule has 0 saturated carbocycles. The molecule has 0 spiro atoms. The lowest BCUT2D eigenvalue weighted by Gasteiger charge is -2.09.